The Labute approximate surface area is 197 Å². The number of amides is 1. The largest absolute Gasteiger partial charge is 0.381 e. The molecule has 1 aliphatic heterocycles. The van der Waals surface area contributed by atoms with Crippen molar-refractivity contribution in [3.05, 3.63) is 41.9 Å². The Bertz CT molecular complexity index is 1120. The number of hydrogen-bond donors (Lipinski definition) is 4. The van der Waals surface area contributed by atoms with Crippen molar-refractivity contribution < 1.29 is 19.4 Å². The molecule has 5 rings (SSSR count). The number of aliphatic hydroxyl groups is 1. The van der Waals surface area contributed by atoms with Crippen molar-refractivity contribution in [1.29, 1.82) is 0 Å². The summed E-state index contributed by atoms with van der Waals surface area (Å²) in [5.41, 5.74) is 1.40. The van der Waals surface area contributed by atoms with E-state index in [-0.39, 0.29) is 30.2 Å². The van der Waals surface area contributed by atoms with Gasteiger partial charge in [0.15, 0.2) is 11.9 Å². The lowest BCUT2D eigenvalue weighted by Crippen LogP contribution is -2.51. The van der Waals surface area contributed by atoms with Crippen LogP contribution in [0.5, 0.6) is 0 Å². The molecule has 0 saturated heterocycles. The van der Waals surface area contributed by atoms with E-state index in [1.165, 1.54) is 6.20 Å². The number of fused-ring (bicyclic) bond motifs is 1. The van der Waals surface area contributed by atoms with Crippen LogP contribution in [0, 0.1) is 0 Å². The average Bonchev–Trinajstić information content (AvgIpc) is 3.22. The molecule has 0 bridgehead atoms. The van der Waals surface area contributed by atoms with E-state index in [1.807, 2.05) is 23.3 Å². The molecule has 34 heavy (non-hydrogen) atoms. The zero-order valence-electron chi connectivity index (χ0n) is 19.6. The van der Waals surface area contributed by atoms with Crippen LogP contribution in [0.15, 0.2) is 36.3 Å². The minimum absolute atomic E-state index is 0.0120. The van der Waals surface area contributed by atoms with Crippen LogP contribution in [-0.4, -0.2) is 82.3 Å². The van der Waals surface area contributed by atoms with Crippen molar-refractivity contribution in [2.24, 2.45) is 0 Å². The normalized spacial score (nSPS) is 28.2. The number of ether oxygens (including phenoxy) is 2. The molecule has 0 aromatic carbocycles. The quantitative estimate of drug-likeness (QED) is 0.453. The molecule has 3 aliphatic rings. The first-order valence-electron chi connectivity index (χ1n) is 11.6. The maximum absolute atomic E-state index is 13.0. The molecule has 2 aliphatic carbocycles. The predicted molar refractivity (Wildman–Crippen MR) is 126 cm³/mol. The molecule has 4 N–H and O–H groups in total. The van der Waals surface area contributed by atoms with E-state index in [9.17, 15) is 9.90 Å². The summed E-state index contributed by atoms with van der Waals surface area (Å²) in [6.45, 7) is 0. The van der Waals surface area contributed by atoms with E-state index in [0.29, 0.717) is 28.5 Å². The zero-order chi connectivity index (χ0) is 23.8. The Morgan fingerprint density at radius 3 is 2.74 bits per heavy atom. The van der Waals surface area contributed by atoms with Gasteiger partial charge in [0.1, 0.15) is 17.2 Å². The fourth-order valence-corrected chi connectivity index (χ4v) is 4.65. The Morgan fingerprint density at radius 2 is 2.06 bits per heavy atom. The minimum atomic E-state index is -0.832. The number of allylic oxidation sites excluding steroid dienone is 2. The highest BCUT2D eigenvalue weighted by Crippen LogP contribution is 2.32. The van der Waals surface area contributed by atoms with Gasteiger partial charge in [-0.3, -0.25) is 4.79 Å². The minimum Gasteiger partial charge on any atom is -0.381 e. The molecule has 2 saturated carbocycles. The number of aliphatic hydroxyl groups excluding tert-OH is 1. The summed E-state index contributed by atoms with van der Waals surface area (Å²) in [6, 6.07) is 1.99. The van der Waals surface area contributed by atoms with E-state index < -0.39 is 6.23 Å². The number of rotatable bonds is 8. The molecular formula is C23H31N7O4. The number of methoxy groups -OCH3 is 2. The van der Waals surface area contributed by atoms with Crippen LogP contribution < -0.4 is 16.0 Å². The fraction of sp³-hybridized carbons (Fsp3) is 0.522. The molecule has 182 valence electrons. The lowest BCUT2D eigenvalue weighted by Gasteiger charge is -2.45. The second kappa shape index (κ2) is 9.24. The van der Waals surface area contributed by atoms with Crippen molar-refractivity contribution >= 4 is 23.2 Å². The van der Waals surface area contributed by atoms with Gasteiger partial charge in [-0.05, 0) is 37.8 Å². The number of nitrogens with one attached hydrogen (secondary N) is 3. The number of hydrogen-bond acceptors (Lipinski definition) is 9. The second-order valence-corrected chi connectivity index (χ2v) is 8.89. The fourth-order valence-electron chi connectivity index (χ4n) is 4.65. The molecule has 1 unspecified atom stereocenters. The van der Waals surface area contributed by atoms with Gasteiger partial charge in [-0.1, -0.05) is 0 Å². The summed E-state index contributed by atoms with van der Waals surface area (Å²) in [7, 11) is 5.15. The Kier molecular flexibility index (Phi) is 6.15. The van der Waals surface area contributed by atoms with Gasteiger partial charge >= 0.3 is 0 Å². The van der Waals surface area contributed by atoms with Crippen LogP contribution in [0.1, 0.15) is 36.0 Å². The van der Waals surface area contributed by atoms with Gasteiger partial charge in [-0.2, -0.15) is 9.61 Å². The second-order valence-electron chi connectivity index (χ2n) is 8.89. The molecule has 2 aromatic rings. The third-order valence-electron chi connectivity index (χ3n) is 6.99. The van der Waals surface area contributed by atoms with Gasteiger partial charge in [-0.15, -0.1) is 0 Å². The molecule has 2 fully saturated rings. The maximum Gasteiger partial charge on any atom is 0.257 e. The third kappa shape index (κ3) is 3.99. The smallest absolute Gasteiger partial charge is 0.257 e. The van der Waals surface area contributed by atoms with Gasteiger partial charge < -0.3 is 35.4 Å². The topological polar surface area (TPSA) is 125 Å². The summed E-state index contributed by atoms with van der Waals surface area (Å²) >= 11 is 0. The van der Waals surface area contributed by atoms with Gasteiger partial charge in [0.25, 0.3) is 5.91 Å². The van der Waals surface area contributed by atoms with Crippen molar-refractivity contribution in [3.8, 4) is 0 Å². The van der Waals surface area contributed by atoms with Gasteiger partial charge in [-0.25, -0.2) is 4.98 Å². The number of nitrogens with zero attached hydrogens (tertiary/aromatic N) is 4. The van der Waals surface area contributed by atoms with E-state index in [1.54, 1.807) is 31.8 Å². The van der Waals surface area contributed by atoms with Gasteiger partial charge in [0.2, 0.25) is 0 Å². The first kappa shape index (κ1) is 22.6. The molecular weight excluding hydrogens is 438 g/mol. The van der Waals surface area contributed by atoms with Crippen LogP contribution in [0.3, 0.4) is 0 Å². The van der Waals surface area contributed by atoms with Crippen LogP contribution in [0.2, 0.25) is 0 Å². The SMILES string of the molecule is CNc1cc(NC2=CC=CN(C3CC(OC)C3)C2O)nc2c(C(=O)N[C@H]3CC[C@@H]3OC)cnn12. The number of carbonyl (C=O) groups is 1. The van der Waals surface area contributed by atoms with Crippen LogP contribution >= 0.6 is 0 Å². The molecule has 11 nitrogen and oxygen atoms in total. The molecule has 11 heteroatoms. The Morgan fingerprint density at radius 1 is 1.24 bits per heavy atom. The summed E-state index contributed by atoms with van der Waals surface area (Å²) in [5.74, 6) is 0.913. The van der Waals surface area contributed by atoms with E-state index in [2.05, 4.69) is 26.0 Å². The number of carbonyl (C=O) groups excluding carboxylic acids is 1. The molecule has 3 atom stereocenters. The summed E-state index contributed by atoms with van der Waals surface area (Å²) in [5, 5.41) is 24.7. The van der Waals surface area contributed by atoms with Crippen molar-refractivity contribution in [3.63, 3.8) is 0 Å². The number of anilines is 2. The standard InChI is InChI=1S/C23H31N7O4/c1-24-20-11-19(26-17-5-4-8-29(23(17)32)13-9-14(10-13)33-2)28-21-15(12-25-30(20)21)22(31)27-16-6-7-18(16)34-3/h4-5,8,11-14,16,18,23-24,32H,6-7,9-10H2,1-3H3,(H,26,28)(H,27,31)/t13?,14?,16-,18-,23?/m0/s1. The monoisotopic (exact) mass is 469 g/mol. The molecule has 0 spiro atoms. The molecule has 3 heterocycles. The van der Waals surface area contributed by atoms with Gasteiger partial charge in [0, 0.05) is 39.6 Å². The van der Waals surface area contributed by atoms with Crippen LogP contribution in [0.4, 0.5) is 11.6 Å². The highest BCUT2D eigenvalue weighted by atomic mass is 16.5. The first-order chi connectivity index (χ1) is 16.5. The lowest BCUT2D eigenvalue weighted by molar-refractivity contribution is -0.0568. The Hall–Kier alpha value is -3.15. The number of aromatic nitrogens is 3. The van der Waals surface area contributed by atoms with Crippen molar-refractivity contribution in [2.75, 3.05) is 31.9 Å². The van der Waals surface area contributed by atoms with Crippen molar-refractivity contribution in [1.82, 2.24) is 24.8 Å². The maximum atomic E-state index is 13.0. The van der Waals surface area contributed by atoms with Crippen molar-refractivity contribution in [2.45, 2.75) is 56.2 Å². The average molecular weight is 470 g/mol. The lowest BCUT2D eigenvalue weighted by atomic mass is 9.87. The van der Waals surface area contributed by atoms with Crippen LogP contribution in [-0.2, 0) is 9.47 Å². The van der Waals surface area contributed by atoms with E-state index in [0.717, 1.165) is 25.7 Å². The first-order valence-corrected chi connectivity index (χ1v) is 11.6. The van der Waals surface area contributed by atoms with Crippen LogP contribution in [0.25, 0.3) is 5.65 Å². The molecule has 0 radical (unpaired) electrons. The zero-order valence-corrected chi connectivity index (χ0v) is 19.6. The molecule has 1 amide bonds. The summed E-state index contributed by atoms with van der Waals surface area (Å²) in [6.07, 6.45) is 10.1. The van der Waals surface area contributed by atoms with E-state index in [4.69, 9.17) is 9.47 Å². The molecule has 2 aromatic heterocycles. The highest BCUT2D eigenvalue weighted by Gasteiger charge is 2.37. The summed E-state index contributed by atoms with van der Waals surface area (Å²) in [4.78, 5) is 19.6. The summed E-state index contributed by atoms with van der Waals surface area (Å²) < 4.78 is 12.3. The predicted octanol–water partition coefficient (Wildman–Crippen LogP) is 1.30. The third-order valence-corrected chi connectivity index (χ3v) is 6.99. The van der Waals surface area contributed by atoms with Gasteiger partial charge in [0.05, 0.1) is 30.1 Å². The Balaban J connectivity index is 1.36. The highest BCUT2D eigenvalue weighted by molar-refractivity contribution is 6.00. The van der Waals surface area contributed by atoms with E-state index >= 15 is 0 Å².